The van der Waals surface area contributed by atoms with Crippen molar-refractivity contribution in [3.05, 3.63) is 53.7 Å². The number of hydrogen-bond acceptors (Lipinski definition) is 5. The van der Waals surface area contributed by atoms with E-state index < -0.39 is 5.97 Å². The molecule has 1 aromatic heterocycles. The van der Waals surface area contributed by atoms with Gasteiger partial charge in [0.1, 0.15) is 11.4 Å². The molecule has 0 aliphatic carbocycles. The molecule has 148 valence electrons. The molecule has 1 aliphatic rings. The highest BCUT2D eigenvalue weighted by molar-refractivity contribution is 5.98. The van der Waals surface area contributed by atoms with Gasteiger partial charge in [-0.25, -0.2) is 9.78 Å². The van der Waals surface area contributed by atoms with Crippen LogP contribution in [0.3, 0.4) is 0 Å². The van der Waals surface area contributed by atoms with Crippen molar-refractivity contribution >= 4 is 23.4 Å². The number of anilines is 2. The zero-order chi connectivity index (χ0) is 19.9. The lowest BCUT2D eigenvalue weighted by atomic mass is 9.99. The normalized spacial score (nSPS) is 14.6. The maximum atomic E-state index is 12.5. The Bertz CT molecular complexity index is 814. The lowest BCUT2D eigenvalue weighted by molar-refractivity contribution is -0.119. The van der Waals surface area contributed by atoms with Crippen LogP contribution in [0.4, 0.5) is 11.5 Å². The topological polar surface area (TPSA) is 71.5 Å². The minimum absolute atomic E-state index is 0.333. The molecule has 0 radical (unpaired) electrons. The van der Waals surface area contributed by atoms with Crippen molar-refractivity contribution in [3.8, 4) is 0 Å². The molecule has 1 atom stereocenters. The zero-order valence-corrected chi connectivity index (χ0v) is 16.5. The van der Waals surface area contributed by atoms with Gasteiger partial charge in [0.25, 0.3) is 5.91 Å². The van der Waals surface area contributed by atoms with Crippen molar-refractivity contribution in [2.45, 2.75) is 39.0 Å². The van der Waals surface area contributed by atoms with Gasteiger partial charge in [0.05, 0.1) is 0 Å². The van der Waals surface area contributed by atoms with Gasteiger partial charge < -0.3 is 15.0 Å². The summed E-state index contributed by atoms with van der Waals surface area (Å²) in [5.41, 5.74) is 2.32. The van der Waals surface area contributed by atoms with Crippen LogP contribution in [0.25, 0.3) is 0 Å². The third-order valence-electron chi connectivity index (χ3n) is 5.12. The van der Waals surface area contributed by atoms with Gasteiger partial charge in [-0.2, -0.15) is 0 Å². The lowest BCUT2D eigenvalue weighted by Gasteiger charge is -2.18. The summed E-state index contributed by atoms with van der Waals surface area (Å²) in [6.07, 6.45) is 4.90. The Labute approximate surface area is 165 Å². The number of pyridine rings is 1. The van der Waals surface area contributed by atoms with Crippen LogP contribution in [-0.4, -0.2) is 36.6 Å². The van der Waals surface area contributed by atoms with Crippen molar-refractivity contribution < 1.29 is 14.3 Å². The summed E-state index contributed by atoms with van der Waals surface area (Å²) in [6, 6.07) is 11.1. The first-order chi connectivity index (χ1) is 13.6. The van der Waals surface area contributed by atoms with E-state index in [-0.39, 0.29) is 12.5 Å². The van der Waals surface area contributed by atoms with Crippen molar-refractivity contribution in [3.63, 3.8) is 0 Å². The number of nitrogens with one attached hydrogen (secondary N) is 1. The molecule has 1 aliphatic heterocycles. The van der Waals surface area contributed by atoms with E-state index in [4.69, 9.17) is 4.74 Å². The monoisotopic (exact) mass is 381 g/mol. The van der Waals surface area contributed by atoms with Crippen LogP contribution < -0.4 is 10.2 Å². The molecule has 6 nitrogen and oxygen atoms in total. The van der Waals surface area contributed by atoms with Crippen molar-refractivity contribution in [1.82, 2.24) is 4.98 Å². The van der Waals surface area contributed by atoms with Gasteiger partial charge in [0.15, 0.2) is 6.61 Å². The summed E-state index contributed by atoms with van der Waals surface area (Å²) in [5.74, 6) is 0.217. The number of carbonyl (C=O) groups excluding carboxylic acids is 2. The molecule has 6 heteroatoms. The number of amides is 1. The fourth-order valence-electron chi connectivity index (χ4n) is 3.27. The Hall–Kier alpha value is -2.89. The van der Waals surface area contributed by atoms with Gasteiger partial charge in [-0.05, 0) is 55.0 Å². The summed E-state index contributed by atoms with van der Waals surface area (Å²) in [6.45, 7) is 5.74. The molecule has 1 fully saturated rings. The minimum atomic E-state index is -0.530. The van der Waals surface area contributed by atoms with Crippen molar-refractivity contribution in [2.75, 3.05) is 29.9 Å². The van der Waals surface area contributed by atoms with Gasteiger partial charge in [-0.15, -0.1) is 0 Å². The van der Waals surface area contributed by atoms with E-state index in [1.807, 2.05) is 24.3 Å². The quantitative estimate of drug-likeness (QED) is 0.734. The van der Waals surface area contributed by atoms with Crippen LogP contribution in [0.5, 0.6) is 0 Å². The molecule has 2 heterocycles. The van der Waals surface area contributed by atoms with Crippen LogP contribution >= 0.6 is 0 Å². The van der Waals surface area contributed by atoms with Crippen LogP contribution in [0.2, 0.25) is 0 Å². The number of carbonyl (C=O) groups is 2. The highest BCUT2D eigenvalue weighted by Crippen LogP contribution is 2.23. The number of ether oxygens (including phenoxy) is 1. The van der Waals surface area contributed by atoms with Gasteiger partial charge in [-0.3, -0.25) is 4.79 Å². The number of nitrogens with zero attached hydrogens (tertiary/aromatic N) is 2. The molecule has 28 heavy (non-hydrogen) atoms. The fourth-order valence-corrected chi connectivity index (χ4v) is 3.27. The van der Waals surface area contributed by atoms with Gasteiger partial charge in [0.2, 0.25) is 0 Å². The number of benzene rings is 1. The lowest BCUT2D eigenvalue weighted by Crippen LogP contribution is -2.24. The third-order valence-corrected chi connectivity index (χ3v) is 5.12. The highest BCUT2D eigenvalue weighted by atomic mass is 16.5. The second-order valence-electron chi connectivity index (χ2n) is 7.12. The van der Waals surface area contributed by atoms with E-state index in [0.29, 0.717) is 23.0 Å². The predicted molar refractivity (Wildman–Crippen MR) is 110 cm³/mol. The first-order valence-corrected chi connectivity index (χ1v) is 9.85. The van der Waals surface area contributed by atoms with E-state index in [2.05, 4.69) is 29.0 Å². The van der Waals surface area contributed by atoms with Crippen LogP contribution in [0.15, 0.2) is 42.6 Å². The number of rotatable bonds is 7. The SMILES string of the molecule is CC[C@@H](C)c1ccc(NC(=O)COC(=O)c2cccnc2N2CCCC2)cc1. The maximum Gasteiger partial charge on any atom is 0.342 e. The smallest absolute Gasteiger partial charge is 0.342 e. The zero-order valence-electron chi connectivity index (χ0n) is 16.5. The van der Waals surface area contributed by atoms with E-state index in [9.17, 15) is 9.59 Å². The second kappa shape index (κ2) is 9.35. The van der Waals surface area contributed by atoms with Gasteiger partial charge in [-0.1, -0.05) is 26.0 Å². The molecule has 1 saturated heterocycles. The molecule has 1 N–H and O–H groups in total. The number of esters is 1. The first-order valence-electron chi connectivity index (χ1n) is 9.85. The van der Waals surface area contributed by atoms with Crippen molar-refractivity contribution in [2.24, 2.45) is 0 Å². The molecule has 1 amide bonds. The third kappa shape index (κ3) is 4.88. The largest absolute Gasteiger partial charge is 0.452 e. The number of hydrogen-bond donors (Lipinski definition) is 1. The van der Waals surface area contributed by atoms with Crippen LogP contribution in [-0.2, 0) is 9.53 Å². The summed E-state index contributed by atoms with van der Waals surface area (Å²) < 4.78 is 5.22. The minimum Gasteiger partial charge on any atom is -0.452 e. The Morgan fingerprint density at radius 2 is 1.89 bits per heavy atom. The predicted octanol–water partition coefficient (Wildman–Crippen LogP) is 3.99. The Morgan fingerprint density at radius 3 is 2.57 bits per heavy atom. The molecule has 0 bridgehead atoms. The van der Waals surface area contributed by atoms with Crippen LogP contribution in [0, 0.1) is 0 Å². The number of aromatic nitrogens is 1. The molecular weight excluding hydrogens is 354 g/mol. The second-order valence-corrected chi connectivity index (χ2v) is 7.12. The molecule has 1 aromatic carbocycles. The Morgan fingerprint density at radius 1 is 1.18 bits per heavy atom. The van der Waals surface area contributed by atoms with E-state index in [1.54, 1.807) is 18.3 Å². The Balaban J connectivity index is 1.55. The molecule has 2 aromatic rings. The van der Waals surface area contributed by atoms with Gasteiger partial charge >= 0.3 is 5.97 Å². The molecule has 0 unspecified atom stereocenters. The first kappa shape index (κ1) is 19.9. The average Bonchev–Trinajstić information content (AvgIpc) is 3.27. The average molecular weight is 381 g/mol. The summed E-state index contributed by atoms with van der Waals surface area (Å²) in [4.78, 5) is 31.0. The summed E-state index contributed by atoms with van der Waals surface area (Å²) in [7, 11) is 0. The summed E-state index contributed by atoms with van der Waals surface area (Å²) in [5, 5.41) is 2.76. The maximum absolute atomic E-state index is 12.5. The molecular formula is C22H27N3O3. The summed E-state index contributed by atoms with van der Waals surface area (Å²) >= 11 is 0. The van der Waals surface area contributed by atoms with Crippen LogP contribution in [0.1, 0.15) is 54.9 Å². The fraction of sp³-hybridized carbons (Fsp3) is 0.409. The van der Waals surface area contributed by atoms with E-state index >= 15 is 0 Å². The van der Waals surface area contributed by atoms with E-state index in [1.165, 1.54) is 5.56 Å². The van der Waals surface area contributed by atoms with Crippen molar-refractivity contribution in [1.29, 1.82) is 0 Å². The van der Waals surface area contributed by atoms with E-state index in [0.717, 1.165) is 32.4 Å². The highest BCUT2D eigenvalue weighted by Gasteiger charge is 2.22. The Kier molecular flexibility index (Phi) is 6.63. The molecule has 0 spiro atoms. The molecule has 3 rings (SSSR count). The standard InChI is InChI=1S/C22H27N3O3/c1-3-16(2)17-8-10-18(11-9-17)24-20(26)15-28-22(27)19-7-6-12-23-21(19)25-13-4-5-14-25/h6-12,16H,3-5,13-15H2,1-2H3,(H,24,26)/t16-/m1/s1. The van der Waals surface area contributed by atoms with Gasteiger partial charge in [0, 0.05) is 25.0 Å². The molecule has 0 saturated carbocycles.